The van der Waals surface area contributed by atoms with Crippen LogP contribution in [0.4, 0.5) is 11.4 Å². The van der Waals surface area contributed by atoms with E-state index < -0.39 is 22.9 Å². The number of carbonyl (C=O) groups is 2. The van der Waals surface area contributed by atoms with Crippen molar-refractivity contribution in [3.8, 4) is 0 Å². The van der Waals surface area contributed by atoms with Crippen LogP contribution in [0, 0.1) is 10.1 Å². The highest BCUT2D eigenvalue weighted by Gasteiger charge is 2.21. The van der Waals surface area contributed by atoms with Gasteiger partial charge in [-0.2, -0.15) is 0 Å². The number of carbonyl (C=O) groups excluding carboxylic acids is 2. The zero-order valence-corrected chi connectivity index (χ0v) is 16.1. The molecule has 0 saturated heterocycles. The summed E-state index contributed by atoms with van der Waals surface area (Å²) in [6, 6.07) is 6.94. The van der Waals surface area contributed by atoms with Crippen LogP contribution in [0.3, 0.4) is 0 Å². The van der Waals surface area contributed by atoms with Crippen molar-refractivity contribution in [2.45, 2.75) is 13.0 Å². The molecule has 0 aliphatic carbocycles. The minimum atomic E-state index is -1.02. The van der Waals surface area contributed by atoms with E-state index in [4.69, 9.17) is 4.74 Å². The number of halogens is 2. The molecule has 10 heteroatoms. The SMILES string of the molecule is CC(OC(=O)c1cc(Br)c(Br)s1)C(=O)Nc1ccc([N+](=O)[O-])cc1. The Labute approximate surface area is 157 Å². The summed E-state index contributed by atoms with van der Waals surface area (Å²) < 4.78 is 6.58. The average molecular weight is 478 g/mol. The Morgan fingerprint density at radius 3 is 2.42 bits per heavy atom. The molecule has 1 heterocycles. The molecule has 1 aromatic heterocycles. The number of ether oxygens (including phenoxy) is 1. The van der Waals surface area contributed by atoms with E-state index in [9.17, 15) is 19.7 Å². The number of non-ortho nitro benzene ring substituents is 1. The van der Waals surface area contributed by atoms with Gasteiger partial charge in [-0.25, -0.2) is 4.79 Å². The van der Waals surface area contributed by atoms with Crippen molar-refractivity contribution in [3.05, 3.63) is 53.6 Å². The third-order valence-electron chi connectivity index (χ3n) is 2.85. The van der Waals surface area contributed by atoms with Crippen LogP contribution in [0.1, 0.15) is 16.6 Å². The Balaban J connectivity index is 1.96. The zero-order chi connectivity index (χ0) is 17.9. The number of nitro groups is 1. The largest absolute Gasteiger partial charge is 0.448 e. The van der Waals surface area contributed by atoms with E-state index >= 15 is 0 Å². The van der Waals surface area contributed by atoms with E-state index in [1.807, 2.05) is 0 Å². The summed E-state index contributed by atoms with van der Waals surface area (Å²) in [4.78, 5) is 34.4. The molecule has 0 fully saturated rings. The number of thiophene rings is 1. The van der Waals surface area contributed by atoms with Crippen molar-refractivity contribution >= 4 is 66.4 Å². The first kappa shape index (κ1) is 18.6. The second-order valence-corrected chi connectivity index (χ2v) is 7.80. The fraction of sp³-hybridized carbons (Fsp3) is 0.143. The van der Waals surface area contributed by atoms with E-state index in [1.54, 1.807) is 6.07 Å². The quantitative estimate of drug-likeness (QED) is 0.391. The van der Waals surface area contributed by atoms with Gasteiger partial charge in [0.2, 0.25) is 0 Å². The summed E-state index contributed by atoms with van der Waals surface area (Å²) in [6.07, 6.45) is -1.02. The van der Waals surface area contributed by atoms with Crippen LogP contribution in [0.5, 0.6) is 0 Å². The highest BCUT2D eigenvalue weighted by molar-refractivity contribution is 9.13. The lowest BCUT2D eigenvalue weighted by Crippen LogP contribution is -2.29. The Bertz CT molecular complexity index is 771. The summed E-state index contributed by atoms with van der Waals surface area (Å²) in [7, 11) is 0. The number of rotatable bonds is 5. The average Bonchev–Trinajstić information content (AvgIpc) is 2.87. The van der Waals surface area contributed by atoms with Crippen molar-refractivity contribution < 1.29 is 19.2 Å². The highest BCUT2D eigenvalue weighted by atomic mass is 79.9. The van der Waals surface area contributed by atoms with Crippen LogP contribution in [0.25, 0.3) is 0 Å². The first-order chi connectivity index (χ1) is 11.3. The molecule has 0 spiro atoms. The molecule has 0 saturated carbocycles. The summed E-state index contributed by atoms with van der Waals surface area (Å²) in [6.45, 7) is 1.44. The molecule has 0 aliphatic rings. The molecule has 0 radical (unpaired) electrons. The number of hydrogen-bond acceptors (Lipinski definition) is 6. The number of esters is 1. The second-order valence-electron chi connectivity index (χ2n) is 4.57. The van der Waals surface area contributed by atoms with E-state index in [1.165, 1.54) is 42.5 Å². The van der Waals surface area contributed by atoms with Gasteiger partial charge in [0.05, 0.1) is 8.71 Å². The third-order valence-corrected chi connectivity index (χ3v) is 6.08. The van der Waals surface area contributed by atoms with Gasteiger partial charge in [0.25, 0.3) is 11.6 Å². The highest BCUT2D eigenvalue weighted by Crippen LogP contribution is 2.32. The lowest BCUT2D eigenvalue weighted by Gasteiger charge is -2.12. The molecule has 126 valence electrons. The lowest BCUT2D eigenvalue weighted by atomic mass is 10.2. The number of nitrogens with one attached hydrogen (secondary N) is 1. The monoisotopic (exact) mass is 476 g/mol. The van der Waals surface area contributed by atoms with Crippen LogP contribution < -0.4 is 5.32 Å². The van der Waals surface area contributed by atoms with Gasteiger partial charge < -0.3 is 10.1 Å². The molecule has 2 aromatic rings. The Kier molecular flexibility index (Phi) is 6.08. The standard InChI is InChI=1S/C14H10Br2N2O5S/c1-7(23-14(20)11-6-10(15)12(16)24-11)13(19)17-8-2-4-9(5-3-8)18(21)22/h2-7H,1H3,(H,17,19). The van der Waals surface area contributed by atoms with Crippen molar-refractivity contribution in [2.24, 2.45) is 0 Å². The molecule has 24 heavy (non-hydrogen) atoms. The topological polar surface area (TPSA) is 98.5 Å². The van der Waals surface area contributed by atoms with E-state index in [-0.39, 0.29) is 5.69 Å². The third kappa shape index (κ3) is 4.62. The summed E-state index contributed by atoms with van der Waals surface area (Å²) in [5.41, 5.74) is 0.288. The Morgan fingerprint density at radius 2 is 1.92 bits per heavy atom. The molecule has 1 aromatic carbocycles. The van der Waals surface area contributed by atoms with Crippen molar-refractivity contribution in [2.75, 3.05) is 5.32 Å². The Morgan fingerprint density at radius 1 is 1.29 bits per heavy atom. The molecule has 2 rings (SSSR count). The molecule has 7 nitrogen and oxygen atoms in total. The van der Waals surface area contributed by atoms with Gasteiger partial charge in [0, 0.05) is 22.3 Å². The van der Waals surface area contributed by atoms with Gasteiger partial charge in [-0.3, -0.25) is 14.9 Å². The van der Waals surface area contributed by atoms with E-state index in [0.717, 1.165) is 8.26 Å². The van der Waals surface area contributed by atoms with Crippen molar-refractivity contribution in [3.63, 3.8) is 0 Å². The van der Waals surface area contributed by atoms with E-state index in [2.05, 4.69) is 37.2 Å². The molecule has 1 unspecified atom stereocenters. The van der Waals surface area contributed by atoms with Crippen molar-refractivity contribution in [1.29, 1.82) is 0 Å². The van der Waals surface area contributed by atoms with Gasteiger partial charge >= 0.3 is 5.97 Å². The summed E-state index contributed by atoms with van der Waals surface area (Å²) >= 11 is 7.73. The maximum atomic E-state index is 12.0. The summed E-state index contributed by atoms with van der Waals surface area (Å²) in [5.74, 6) is -1.15. The van der Waals surface area contributed by atoms with Crippen LogP contribution in [0.2, 0.25) is 0 Å². The number of hydrogen-bond donors (Lipinski definition) is 1. The van der Waals surface area contributed by atoms with Crippen molar-refractivity contribution in [1.82, 2.24) is 0 Å². The molecular weight excluding hydrogens is 468 g/mol. The number of amides is 1. The first-order valence-electron chi connectivity index (χ1n) is 6.49. The second kappa shape index (κ2) is 7.86. The fourth-order valence-electron chi connectivity index (χ4n) is 1.63. The smallest absolute Gasteiger partial charge is 0.349 e. The maximum Gasteiger partial charge on any atom is 0.349 e. The molecule has 0 bridgehead atoms. The molecule has 1 amide bonds. The predicted molar refractivity (Wildman–Crippen MR) is 96.3 cm³/mol. The van der Waals surface area contributed by atoms with Crippen LogP contribution in [-0.4, -0.2) is 22.9 Å². The summed E-state index contributed by atoms with van der Waals surface area (Å²) in [5, 5.41) is 13.1. The van der Waals surface area contributed by atoms with Crippen LogP contribution in [-0.2, 0) is 9.53 Å². The Hall–Kier alpha value is -1.78. The zero-order valence-electron chi connectivity index (χ0n) is 12.1. The van der Waals surface area contributed by atoms with Gasteiger partial charge in [0.15, 0.2) is 6.10 Å². The van der Waals surface area contributed by atoms with Gasteiger partial charge in [0.1, 0.15) is 4.88 Å². The van der Waals surface area contributed by atoms with Gasteiger partial charge in [-0.05, 0) is 57.0 Å². The molecular formula is C14H10Br2N2O5S. The van der Waals surface area contributed by atoms with Gasteiger partial charge in [-0.1, -0.05) is 0 Å². The molecule has 0 aliphatic heterocycles. The van der Waals surface area contributed by atoms with Gasteiger partial charge in [-0.15, -0.1) is 11.3 Å². The number of anilines is 1. The minimum Gasteiger partial charge on any atom is -0.448 e. The maximum absolute atomic E-state index is 12.0. The number of benzene rings is 1. The fourth-order valence-corrected chi connectivity index (χ4v) is 3.55. The van der Waals surface area contributed by atoms with Crippen LogP contribution >= 0.6 is 43.2 Å². The lowest BCUT2D eigenvalue weighted by molar-refractivity contribution is -0.384. The molecule has 1 N–H and O–H groups in total. The number of nitro benzene ring substituents is 1. The van der Waals surface area contributed by atoms with E-state index in [0.29, 0.717) is 10.6 Å². The predicted octanol–water partition coefficient (Wildman–Crippen LogP) is 4.37. The molecule has 1 atom stereocenters. The minimum absolute atomic E-state index is 0.0821. The first-order valence-corrected chi connectivity index (χ1v) is 8.89. The normalized spacial score (nSPS) is 11.6. The number of nitrogens with zero attached hydrogens (tertiary/aromatic N) is 1. The van der Waals surface area contributed by atoms with Crippen LogP contribution in [0.15, 0.2) is 38.6 Å².